The van der Waals surface area contributed by atoms with E-state index in [1.165, 1.54) is 42.7 Å². The first-order chi connectivity index (χ1) is 18.0. The first kappa shape index (κ1) is 26.5. The number of hydrogen-bond donors (Lipinski definition) is 0. The summed E-state index contributed by atoms with van der Waals surface area (Å²) in [6, 6.07) is 8.30. The summed E-state index contributed by atoms with van der Waals surface area (Å²) in [7, 11) is 1.93. The largest absolute Gasteiger partial charge is 0.357 e. The number of likely N-dealkylation sites (tertiary alicyclic amines) is 1. The van der Waals surface area contributed by atoms with Gasteiger partial charge in [-0.1, -0.05) is 50.2 Å². The molecular formula is C29H33FN6S. The van der Waals surface area contributed by atoms with Crippen molar-refractivity contribution in [2.24, 2.45) is 9.98 Å². The quantitative estimate of drug-likeness (QED) is 0.304. The van der Waals surface area contributed by atoms with Crippen LogP contribution in [0.3, 0.4) is 0 Å². The lowest BCUT2D eigenvalue weighted by molar-refractivity contribution is 0.363. The van der Waals surface area contributed by atoms with Gasteiger partial charge in [0.15, 0.2) is 5.13 Å². The number of anilines is 1. The van der Waals surface area contributed by atoms with Gasteiger partial charge in [0.1, 0.15) is 34.0 Å². The van der Waals surface area contributed by atoms with E-state index in [4.69, 9.17) is 15.0 Å². The summed E-state index contributed by atoms with van der Waals surface area (Å²) >= 11 is 1.30. The van der Waals surface area contributed by atoms with E-state index < -0.39 is 0 Å². The predicted molar refractivity (Wildman–Crippen MR) is 151 cm³/mol. The normalized spacial score (nSPS) is 17.2. The zero-order valence-corrected chi connectivity index (χ0v) is 22.6. The van der Waals surface area contributed by atoms with Crippen molar-refractivity contribution in [3.05, 3.63) is 70.8 Å². The smallest absolute Gasteiger partial charge is 0.191 e. The highest BCUT2D eigenvalue weighted by atomic mass is 32.1. The van der Waals surface area contributed by atoms with E-state index in [0.717, 1.165) is 48.9 Å². The van der Waals surface area contributed by atoms with Crippen molar-refractivity contribution in [1.82, 2.24) is 9.88 Å². The maximum absolute atomic E-state index is 13.5. The summed E-state index contributed by atoms with van der Waals surface area (Å²) in [6.45, 7) is 10.2. The molecule has 2 aliphatic heterocycles. The molecule has 6 nitrogen and oxygen atoms in total. The number of benzene rings is 1. The van der Waals surface area contributed by atoms with Crippen LogP contribution in [0.25, 0.3) is 11.3 Å². The lowest BCUT2D eigenvalue weighted by atomic mass is 10.1. The van der Waals surface area contributed by atoms with Crippen molar-refractivity contribution >= 4 is 28.0 Å². The van der Waals surface area contributed by atoms with Gasteiger partial charge in [0, 0.05) is 25.7 Å². The van der Waals surface area contributed by atoms with E-state index >= 15 is 0 Å². The average molecular weight is 517 g/mol. The number of nitrogens with zero attached hydrogens (tertiary/aromatic N) is 6. The van der Waals surface area contributed by atoms with Gasteiger partial charge in [-0.05, 0) is 56.5 Å². The molecule has 0 aliphatic carbocycles. The molecule has 1 aromatic carbocycles. The molecule has 1 saturated heterocycles. The number of hydrogen-bond acceptors (Lipinski definition) is 6. The fourth-order valence-electron chi connectivity index (χ4n) is 4.64. The molecule has 4 rings (SSSR count). The Hall–Kier alpha value is -3.57. The summed E-state index contributed by atoms with van der Waals surface area (Å²) in [5, 5.41) is 10.4. The van der Waals surface area contributed by atoms with E-state index in [-0.39, 0.29) is 5.82 Å². The number of thiazole rings is 1. The molecule has 0 N–H and O–H groups in total. The SMILES string of the molecule is C=C1N=C(CC)C(N(C)c2nc(-c3ccc(F)cc3)c(C#N)s2)=C1/N=C(\C=C/C)N1CCCCCCC1. The highest BCUT2D eigenvalue weighted by molar-refractivity contribution is 7.16. The Morgan fingerprint density at radius 2 is 1.89 bits per heavy atom. The van der Waals surface area contributed by atoms with Crippen LogP contribution in [0, 0.1) is 17.1 Å². The summed E-state index contributed by atoms with van der Waals surface area (Å²) in [5.74, 6) is 0.593. The van der Waals surface area contributed by atoms with Gasteiger partial charge < -0.3 is 9.80 Å². The van der Waals surface area contributed by atoms with Crippen molar-refractivity contribution in [3.63, 3.8) is 0 Å². The predicted octanol–water partition coefficient (Wildman–Crippen LogP) is 7.09. The number of halogens is 1. The second kappa shape index (κ2) is 12.1. The lowest BCUT2D eigenvalue weighted by Gasteiger charge is -2.27. The minimum atomic E-state index is -0.326. The van der Waals surface area contributed by atoms with Crippen molar-refractivity contribution in [2.75, 3.05) is 25.0 Å². The monoisotopic (exact) mass is 516 g/mol. The molecule has 0 amide bonds. The molecule has 0 radical (unpaired) electrons. The van der Waals surface area contributed by atoms with Gasteiger partial charge in [0.05, 0.1) is 17.1 Å². The maximum Gasteiger partial charge on any atom is 0.191 e. The molecule has 1 fully saturated rings. The van der Waals surface area contributed by atoms with Crippen LogP contribution in [-0.4, -0.2) is 41.6 Å². The zero-order valence-electron chi connectivity index (χ0n) is 21.8. The third-order valence-corrected chi connectivity index (χ3v) is 7.59. The third kappa shape index (κ3) is 5.89. The van der Waals surface area contributed by atoms with Gasteiger partial charge in [-0.25, -0.2) is 19.4 Å². The van der Waals surface area contributed by atoms with Crippen LogP contribution in [-0.2, 0) is 0 Å². The number of aromatic nitrogens is 1. The van der Waals surface area contributed by atoms with Crippen LogP contribution in [0.1, 0.15) is 57.2 Å². The molecule has 192 valence electrons. The average Bonchev–Trinajstić information content (AvgIpc) is 3.45. The van der Waals surface area contributed by atoms with Gasteiger partial charge in [0.25, 0.3) is 0 Å². The summed E-state index contributed by atoms with van der Waals surface area (Å²) in [6.07, 6.45) is 10.9. The second-order valence-corrected chi connectivity index (χ2v) is 10.1. The first-order valence-corrected chi connectivity index (χ1v) is 13.7. The molecule has 8 heteroatoms. The van der Waals surface area contributed by atoms with Crippen LogP contribution in [0.4, 0.5) is 9.52 Å². The summed E-state index contributed by atoms with van der Waals surface area (Å²) in [4.78, 5) is 19.5. The fourth-order valence-corrected chi connectivity index (χ4v) is 5.49. The van der Waals surface area contributed by atoms with Crippen LogP contribution in [0.15, 0.2) is 70.1 Å². The van der Waals surface area contributed by atoms with Gasteiger partial charge in [0.2, 0.25) is 0 Å². The van der Waals surface area contributed by atoms with E-state index in [0.29, 0.717) is 33.4 Å². The molecule has 2 aromatic rings. The lowest BCUT2D eigenvalue weighted by Crippen LogP contribution is -2.33. The molecule has 1 aromatic heterocycles. The third-order valence-electron chi connectivity index (χ3n) is 6.56. The second-order valence-electron chi connectivity index (χ2n) is 9.13. The van der Waals surface area contributed by atoms with Crippen molar-refractivity contribution < 1.29 is 4.39 Å². The molecule has 0 bridgehead atoms. The Morgan fingerprint density at radius 1 is 1.22 bits per heavy atom. The summed E-state index contributed by atoms with van der Waals surface area (Å²) in [5.41, 5.74) is 4.34. The number of aliphatic imine (C=N–C) groups is 2. The highest BCUT2D eigenvalue weighted by Crippen LogP contribution is 2.37. The molecule has 2 aliphatic rings. The highest BCUT2D eigenvalue weighted by Gasteiger charge is 2.29. The van der Waals surface area contributed by atoms with E-state index in [2.05, 4.69) is 30.5 Å². The summed E-state index contributed by atoms with van der Waals surface area (Å²) < 4.78 is 13.5. The Balaban J connectivity index is 1.77. The topological polar surface area (TPSA) is 67.9 Å². The molecule has 37 heavy (non-hydrogen) atoms. The molecule has 0 atom stereocenters. The minimum absolute atomic E-state index is 0.326. The Kier molecular flexibility index (Phi) is 8.67. The number of rotatable bonds is 6. The van der Waals surface area contributed by atoms with Gasteiger partial charge in [-0.2, -0.15) is 5.26 Å². The Labute approximate surface area is 222 Å². The molecule has 0 saturated carbocycles. The first-order valence-electron chi connectivity index (χ1n) is 12.8. The Morgan fingerprint density at radius 3 is 2.51 bits per heavy atom. The van der Waals surface area contributed by atoms with Gasteiger partial charge in [-0.15, -0.1) is 0 Å². The van der Waals surface area contributed by atoms with Crippen molar-refractivity contribution in [2.45, 2.75) is 52.4 Å². The van der Waals surface area contributed by atoms with Crippen LogP contribution in [0.2, 0.25) is 0 Å². The van der Waals surface area contributed by atoms with Crippen LogP contribution < -0.4 is 4.90 Å². The molecule has 3 heterocycles. The number of allylic oxidation sites excluding steroid dienone is 2. The maximum atomic E-state index is 13.5. The zero-order chi connectivity index (χ0) is 26.4. The van der Waals surface area contributed by atoms with Crippen molar-refractivity contribution in [3.8, 4) is 17.3 Å². The van der Waals surface area contributed by atoms with Crippen LogP contribution >= 0.6 is 11.3 Å². The van der Waals surface area contributed by atoms with E-state index in [9.17, 15) is 9.65 Å². The van der Waals surface area contributed by atoms with Crippen molar-refractivity contribution in [1.29, 1.82) is 5.26 Å². The van der Waals surface area contributed by atoms with Gasteiger partial charge >= 0.3 is 0 Å². The fraction of sp³-hybridized carbons (Fsp3) is 0.379. The van der Waals surface area contributed by atoms with Gasteiger partial charge in [-0.3, -0.25) is 0 Å². The molecule has 0 spiro atoms. The molecular weight excluding hydrogens is 483 g/mol. The minimum Gasteiger partial charge on any atom is -0.357 e. The van der Waals surface area contributed by atoms with Crippen LogP contribution in [0.5, 0.6) is 0 Å². The van der Waals surface area contributed by atoms with E-state index in [1.54, 1.807) is 12.1 Å². The van der Waals surface area contributed by atoms with E-state index in [1.807, 2.05) is 24.9 Å². The molecule has 0 unspecified atom stereocenters. The number of amidine groups is 1. The standard InChI is InChI=1S/C29H33FN6S/c1-5-12-25(36-17-10-8-7-9-11-18-36)33-26-20(3)32-23(6-2)28(26)35(4)29-34-27(24(19-31)37-29)21-13-15-22(30)16-14-21/h5,12-16H,3,6-11,17-18H2,1-2,4H3/b12-5-,33-25+. The Bertz CT molecular complexity index is 1300. The number of nitriles is 1.